The number of aromatic amines is 1. The Morgan fingerprint density at radius 2 is 2.09 bits per heavy atom. The highest BCUT2D eigenvalue weighted by Gasteiger charge is 2.53. The van der Waals surface area contributed by atoms with Crippen LogP contribution in [0.3, 0.4) is 0 Å². The van der Waals surface area contributed by atoms with Crippen LogP contribution in [0.15, 0.2) is 36.5 Å². The predicted octanol–water partition coefficient (Wildman–Crippen LogP) is 2.77. The van der Waals surface area contributed by atoms with Crippen LogP contribution in [0.2, 0.25) is 0 Å². The van der Waals surface area contributed by atoms with Crippen molar-refractivity contribution in [3.63, 3.8) is 0 Å². The van der Waals surface area contributed by atoms with Crippen molar-refractivity contribution in [3.8, 4) is 0 Å². The van der Waals surface area contributed by atoms with Gasteiger partial charge >= 0.3 is 0 Å². The van der Waals surface area contributed by atoms with Crippen LogP contribution in [0.5, 0.6) is 0 Å². The van der Waals surface area contributed by atoms with E-state index < -0.39 is 0 Å². The molecule has 1 amide bonds. The number of likely N-dealkylation sites (tertiary alicyclic amines) is 1. The smallest absolute Gasteiger partial charge is 0.233 e. The number of nitrogens with zero attached hydrogens (tertiary/aromatic N) is 2. The van der Waals surface area contributed by atoms with Gasteiger partial charge in [0.1, 0.15) is 0 Å². The molecule has 0 unspecified atom stereocenters. The quantitative estimate of drug-likeness (QED) is 0.946. The third-order valence-electron chi connectivity index (χ3n) is 5.24. The molecule has 0 spiro atoms. The predicted molar refractivity (Wildman–Crippen MR) is 84.6 cm³/mol. The number of H-pyrrole nitrogens is 1. The molecule has 4 heteroatoms. The van der Waals surface area contributed by atoms with Crippen molar-refractivity contribution in [1.82, 2.24) is 15.1 Å². The standard InChI is InChI=1S/C18H21N3O/c1-13-11-19-20-16(13)14-7-10-21(12-14)17(22)18(8-9-18)15-5-3-2-4-6-15/h2-6,11,14H,7-10,12H2,1H3,(H,19,20)/t14-/m0/s1. The Hall–Kier alpha value is -2.10. The summed E-state index contributed by atoms with van der Waals surface area (Å²) in [6.07, 6.45) is 4.87. The van der Waals surface area contributed by atoms with Crippen molar-refractivity contribution in [1.29, 1.82) is 0 Å². The van der Waals surface area contributed by atoms with Gasteiger partial charge < -0.3 is 4.90 Å². The highest BCUT2D eigenvalue weighted by Crippen LogP contribution is 2.50. The van der Waals surface area contributed by atoms with E-state index in [9.17, 15) is 4.79 Å². The molecule has 1 N–H and O–H groups in total. The van der Waals surface area contributed by atoms with Crippen molar-refractivity contribution in [2.24, 2.45) is 0 Å². The van der Waals surface area contributed by atoms with E-state index in [0.717, 1.165) is 32.4 Å². The fraction of sp³-hybridized carbons (Fsp3) is 0.444. The van der Waals surface area contributed by atoms with Gasteiger partial charge in [-0.25, -0.2) is 0 Å². The molecular formula is C18H21N3O. The minimum atomic E-state index is -0.237. The summed E-state index contributed by atoms with van der Waals surface area (Å²) in [6, 6.07) is 10.3. The Bertz CT molecular complexity index is 687. The number of rotatable bonds is 3. The molecule has 2 heterocycles. The minimum Gasteiger partial charge on any atom is -0.341 e. The largest absolute Gasteiger partial charge is 0.341 e. The third kappa shape index (κ3) is 2.05. The number of hydrogen-bond donors (Lipinski definition) is 1. The molecule has 2 aromatic rings. The summed E-state index contributed by atoms with van der Waals surface area (Å²) < 4.78 is 0. The van der Waals surface area contributed by atoms with Crippen molar-refractivity contribution in [2.75, 3.05) is 13.1 Å². The monoisotopic (exact) mass is 295 g/mol. The molecule has 2 aliphatic rings. The number of aryl methyl sites for hydroxylation is 1. The molecule has 1 aliphatic carbocycles. The van der Waals surface area contributed by atoms with E-state index in [-0.39, 0.29) is 5.41 Å². The molecule has 1 atom stereocenters. The van der Waals surface area contributed by atoms with Crippen LogP contribution < -0.4 is 0 Å². The average molecular weight is 295 g/mol. The van der Waals surface area contributed by atoms with Crippen molar-refractivity contribution < 1.29 is 4.79 Å². The van der Waals surface area contributed by atoms with E-state index in [1.54, 1.807) is 0 Å². The van der Waals surface area contributed by atoms with Gasteiger partial charge in [0.2, 0.25) is 5.91 Å². The summed E-state index contributed by atoms with van der Waals surface area (Å²) in [7, 11) is 0. The fourth-order valence-corrected chi connectivity index (χ4v) is 3.76. The number of amides is 1. The average Bonchev–Trinajstić information content (AvgIpc) is 3.02. The molecule has 1 aliphatic heterocycles. The molecule has 1 aromatic heterocycles. The van der Waals surface area contributed by atoms with E-state index in [2.05, 4.69) is 34.2 Å². The van der Waals surface area contributed by atoms with E-state index in [4.69, 9.17) is 0 Å². The molecule has 2 fully saturated rings. The van der Waals surface area contributed by atoms with Crippen LogP contribution in [-0.4, -0.2) is 34.1 Å². The van der Waals surface area contributed by atoms with Gasteiger partial charge in [0, 0.05) is 24.7 Å². The van der Waals surface area contributed by atoms with Crippen molar-refractivity contribution >= 4 is 5.91 Å². The second kappa shape index (κ2) is 4.97. The van der Waals surface area contributed by atoms with E-state index in [0.29, 0.717) is 11.8 Å². The number of hydrogen-bond acceptors (Lipinski definition) is 2. The first-order valence-corrected chi connectivity index (χ1v) is 8.05. The lowest BCUT2D eigenvalue weighted by Gasteiger charge is -2.23. The number of carbonyl (C=O) groups is 1. The van der Waals surface area contributed by atoms with Gasteiger partial charge in [-0.2, -0.15) is 5.10 Å². The van der Waals surface area contributed by atoms with Crippen molar-refractivity contribution in [2.45, 2.75) is 37.5 Å². The lowest BCUT2D eigenvalue weighted by molar-refractivity contribution is -0.132. The van der Waals surface area contributed by atoms with E-state index in [1.165, 1.54) is 16.8 Å². The van der Waals surface area contributed by atoms with Crippen LogP contribution in [-0.2, 0) is 10.2 Å². The maximum absolute atomic E-state index is 13.0. The zero-order valence-electron chi connectivity index (χ0n) is 12.9. The fourth-order valence-electron chi connectivity index (χ4n) is 3.76. The first-order chi connectivity index (χ1) is 10.7. The summed E-state index contributed by atoms with van der Waals surface area (Å²) in [5.74, 6) is 0.719. The number of carbonyl (C=O) groups excluding carboxylic acids is 1. The second-order valence-corrected chi connectivity index (χ2v) is 6.65. The SMILES string of the molecule is Cc1cn[nH]c1[C@H]1CCN(C(=O)C2(c3ccccc3)CC2)C1. The summed E-state index contributed by atoms with van der Waals surface area (Å²) in [4.78, 5) is 15.1. The molecule has 4 rings (SSSR count). The van der Waals surface area contributed by atoms with Gasteiger partial charge in [0.15, 0.2) is 0 Å². The first-order valence-electron chi connectivity index (χ1n) is 8.05. The zero-order valence-corrected chi connectivity index (χ0v) is 12.9. The molecule has 1 saturated carbocycles. The molecule has 22 heavy (non-hydrogen) atoms. The molecule has 0 radical (unpaired) electrons. The Labute approximate surface area is 130 Å². The Morgan fingerprint density at radius 3 is 2.73 bits per heavy atom. The highest BCUT2D eigenvalue weighted by molar-refractivity contribution is 5.91. The van der Waals surface area contributed by atoms with E-state index >= 15 is 0 Å². The van der Waals surface area contributed by atoms with Crippen LogP contribution in [0.1, 0.15) is 42.0 Å². The lowest BCUT2D eigenvalue weighted by atomic mass is 9.94. The maximum Gasteiger partial charge on any atom is 0.233 e. The topological polar surface area (TPSA) is 49.0 Å². The zero-order chi connectivity index (χ0) is 15.2. The van der Waals surface area contributed by atoms with Crippen LogP contribution in [0, 0.1) is 6.92 Å². The van der Waals surface area contributed by atoms with Gasteiger partial charge in [0.05, 0.1) is 11.6 Å². The molecule has 0 bridgehead atoms. The van der Waals surface area contributed by atoms with E-state index in [1.807, 2.05) is 24.4 Å². The third-order valence-corrected chi connectivity index (χ3v) is 5.24. The highest BCUT2D eigenvalue weighted by atomic mass is 16.2. The normalized spacial score (nSPS) is 22.8. The van der Waals surface area contributed by atoms with Gasteiger partial charge in [-0.1, -0.05) is 30.3 Å². The maximum atomic E-state index is 13.0. The molecule has 1 saturated heterocycles. The second-order valence-electron chi connectivity index (χ2n) is 6.65. The van der Waals surface area contributed by atoms with Gasteiger partial charge in [-0.05, 0) is 37.3 Å². The summed E-state index contributed by atoms with van der Waals surface area (Å²) in [6.45, 7) is 3.75. The lowest BCUT2D eigenvalue weighted by Crippen LogP contribution is -2.37. The van der Waals surface area contributed by atoms with Crippen LogP contribution in [0.25, 0.3) is 0 Å². The number of benzene rings is 1. The van der Waals surface area contributed by atoms with Gasteiger partial charge in [0.25, 0.3) is 0 Å². The Balaban J connectivity index is 1.52. The molecular weight excluding hydrogens is 274 g/mol. The minimum absolute atomic E-state index is 0.237. The van der Waals surface area contributed by atoms with Crippen LogP contribution >= 0.6 is 0 Å². The molecule has 4 nitrogen and oxygen atoms in total. The Kier molecular flexibility index (Phi) is 3.06. The number of nitrogens with one attached hydrogen (secondary N) is 1. The van der Waals surface area contributed by atoms with Gasteiger partial charge in [-0.15, -0.1) is 0 Å². The molecule has 1 aromatic carbocycles. The summed E-state index contributed by atoms with van der Waals surface area (Å²) in [5, 5.41) is 7.22. The Morgan fingerprint density at radius 1 is 1.32 bits per heavy atom. The number of aromatic nitrogens is 2. The van der Waals surface area contributed by atoms with Gasteiger partial charge in [-0.3, -0.25) is 9.89 Å². The summed E-state index contributed by atoms with van der Waals surface area (Å²) in [5.41, 5.74) is 3.34. The molecule has 114 valence electrons. The van der Waals surface area contributed by atoms with Crippen molar-refractivity contribution in [3.05, 3.63) is 53.3 Å². The first kappa shape index (κ1) is 13.6. The van der Waals surface area contributed by atoms with Crippen LogP contribution in [0.4, 0.5) is 0 Å². The summed E-state index contributed by atoms with van der Waals surface area (Å²) >= 11 is 0.